The van der Waals surface area contributed by atoms with Crippen LogP contribution in [0.3, 0.4) is 0 Å². The number of nitro groups is 1. The zero-order chi connectivity index (χ0) is 24.7. The molecule has 9 nitrogen and oxygen atoms in total. The first-order valence-corrected chi connectivity index (χ1v) is 11.2. The highest BCUT2D eigenvalue weighted by molar-refractivity contribution is 8.00. The molecule has 34 heavy (non-hydrogen) atoms. The van der Waals surface area contributed by atoms with Crippen molar-refractivity contribution in [2.24, 2.45) is 0 Å². The number of nitrogens with zero attached hydrogens (tertiary/aromatic N) is 1. The molecule has 0 aliphatic heterocycles. The highest BCUT2D eigenvalue weighted by Crippen LogP contribution is 2.36. The summed E-state index contributed by atoms with van der Waals surface area (Å²) in [7, 11) is 2.96. The van der Waals surface area contributed by atoms with Gasteiger partial charge >= 0.3 is 0 Å². The van der Waals surface area contributed by atoms with Gasteiger partial charge < -0.3 is 20.1 Å². The Hall–Kier alpha value is -3.76. The Bertz CT molecular complexity index is 1220. The predicted octanol–water partition coefficient (Wildman–Crippen LogP) is 5.25. The van der Waals surface area contributed by atoms with Crippen LogP contribution in [0.2, 0.25) is 5.02 Å². The van der Waals surface area contributed by atoms with Crippen molar-refractivity contribution in [1.29, 1.82) is 0 Å². The molecule has 0 heterocycles. The quantitative estimate of drug-likeness (QED) is 0.233. The van der Waals surface area contributed by atoms with Gasteiger partial charge in [0.15, 0.2) is 0 Å². The van der Waals surface area contributed by atoms with Crippen LogP contribution >= 0.6 is 23.4 Å². The van der Waals surface area contributed by atoms with Crippen LogP contribution in [0.1, 0.15) is 10.4 Å². The molecular weight excluding hydrogens is 482 g/mol. The van der Waals surface area contributed by atoms with Crippen molar-refractivity contribution >= 4 is 52.2 Å². The van der Waals surface area contributed by atoms with E-state index in [1.807, 2.05) is 0 Å². The van der Waals surface area contributed by atoms with E-state index in [4.69, 9.17) is 21.1 Å². The highest BCUT2D eigenvalue weighted by atomic mass is 35.5. The summed E-state index contributed by atoms with van der Waals surface area (Å²) < 4.78 is 10.4. The molecule has 0 bridgehead atoms. The number of carbonyl (C=O) groups is 2. The summed E-state index contributed by atoms with van der Waals surface area (Å²) in [6, 6.07) is 15.5. The van der Waals surface area contributed by atoms with E-state index < -0.39 is 10.8 Å². The number of rotatable bonds is 9. The van der Waals surface area contributed by atoms with E-state index in [-0.39, 0.29) is 22.9 Å². The molecule has 3 aromatic rings. The third-order valence-electron chi connectivity index (χ3n) is 4.55. The number of thioether (sulfide) groups is 1. The number of nitro benzene ring substituents is 1. The molecule has 3 rings (SSSR count). The van der Waals surface area contributed by atoms with Gasteiger partial charge in [0.05, 0.1) is 35.6 Å². The largest absolute Gasteiger partial charge is 0.495 e. The standard InChI is InChI=1S/C23H20ClN3O6S/c1-32-20-12-21(33-2)19(11-18(20)24)26-22(28)13-34-17-8-6-15(7-9-17)25-23(29)14-4-3-5-16(10-14)27(30)31/h3-12H,13H2,1-2H3,(H,25,29)(H,26,28). The van der Waals surface area contributed by atoms with Gasteiger partial charge in [0, 0.05) is 34.3 Å². The van der Waals surface area contributed by atoms with Crippen molar-refractivity contribution in [3.63, 3.8) is 0 Å². The summed E-state index contributed by atoms with van der Waals surface area (Å²) in [6.07, 6.45) is 0. The minimum atomic E-state index is -0.557. The first-order valence-electron chi connectivity index (χ1n) is 9.80. The van der Waals surface area contributed by atoms with Crippen LogP contribution in [0, 0.1) is 10.1 Å². The number of ether oxygens (including phenoxy) is 2. The summed E-state index contributed by atoms with van der Waals surface area (Å²) in [5.74, 6) is 0.266. The van der Waals surface area contributed by atoms with Crippen molar-refractivity contribution in [1.82, 2.24) is 0 Å². The van der Waals surface area contributed by atoms with Gasteiger partial charge in [-0.2, -0.15) is 0 Å². The van der Waals surface area contributed by atoms with Gasteiger partial charge in [-0.05, 0) is 36.4 Å². The second-order valence-corrected chi connectivity index (χ2v) is 8.27. The topological polar surface area (TPSA) is 120 Å². The molecule has 0 radical (unpaired) electrons. The summed E-state index contributed by atoms with van der Waals surface area (Å²) >= 11 is 7.43. The molecule has 3 aromatic carbocycles. The van der Waals surface area contributed by atoms with Crippen LogP contribution in [0.25, 0.3) is 0 Å². The summed E-state index contributed by atoms with van der Waals surface area (Å²) in [5, 5.41) is 16.7. The number of amides is 2. The maximum absolute atomic E-state index is 12.4. The maximum Gasteiger partial charge on any atom is 0.270 e. The molecule has 2 N–H and O–H groups in total. The van der Waals surface area contributed by atoms with Crippen molar-refractivity contribution in [3.05, 3.63) is 81.4 Å². The van der Waals surface area contributed by atoms with E-state index in [1.54, 1.807) is 36.4 Å². The van der Waals surface area contributed by atoms with E-state index in [2.05, 4.69) is 10.6 Å². The normalized spacial score (nSPS) is 10.3. The predicted molar refractivity (Wildman–Crippen MR) is 131 cm³/mol. The minimum absolute atomic E-state index is 0.131. The molecule has 0 fully saturated rings. The average Bonchev–Trinajstić information content (AvgIpc) is 2.84. The molecule has 0 aromatic heterocycles. The van der Waals surface area contributed by atoms with Crippen molar-refractivity contribution in [2.75, 3.05) is 30.6 Å². The third-order valence-corrected chi connectivity index (χ3v) is 5.86. The molecular formula is C23H20ClN3O6S. The van der Waals surface area contributed by atoms with E-state index in [9.17, 15) is 19.7 Å². The Morgan fingerprint density at radius 1 is 1.00 bits per heavy atom. The first kappa shape index (κ1) is 24.9. The number of anilines is 2. The average molecular weight is 502 g/mol. The summed E-state index contributed by atoms with van der Waals surface area (Å²) in [4.78, 5) is 35.9. The molecule has 0 saturated heterocycles. The van der Waals surface area contributed by atoms with E-state index in [0.717, 1.165) is 4.90 Å². The Morgan fingerprint density at radius 3 is 2.35 bits per heavy atom. The van der Waals surface area contributed by atoms with Gasteiger partial charge in [-0.15, -0.1) is 11.8 Å². The molecule has 0 saturated carbocycles. The summed E-state index contributed by atoms with van der Waals surface area (Å²) in [6.45, 7) is 0. The van der Waals surface area contributed by atoms with Gasteiger partial charge in [-0.1, -0.05) is 17.7 Å². The number of carbonyl (C=O) groups excluding carboxylic acids is 2. The van der Waals surface area contributed by atoms with Crippen LogP contribution in [0.15, 0.2) is 65.6 Å². The molecule has 0 unspecified atom stereocenters. The van der Waals surface area contributed by atoms with Gasteiger partial charge in [-0.25, -0.2) is 0 Å². The first-order chi connectivity index (χ1) is 16.3. The van der Waals surface area contributed by atoms with Gasteiger partial charge in [-0.3, -0.25) is 19.7 Å². The number of nitrogens with one attached hydrogen (secondary N) is 2. The fourth-order valence-electron chi connectivity index (χ4n) is 2.89. The molecule has 2 amide bonds. The van der Waals surface area contributed by atoms with Crippen LogP contribution in [-0.4, -0.2) is 36.7 Å². The Kier molecular flexibility index (Phi) is 8.34. The third kappa shape index (κ3) is 6.40. The second-order valence-electron chi connectivity index (χ2n) is 6.81. The lowest BCUT2D eigenvalue weighted by molar-refractivity contribution is -0.384. The van der Waals surface area contributed by atoms with Crippen molar-refractivity contribution in [3.8, 4) is 11.5 Å². The number of halogens is 1. The van der Waals surface area contributed by atoms with E-state index in [1.165, 1.54) is 50.2 Å². The molecule has 0 aliphatic carbocycles. The zero-order valence-electron chi connectivity index (χ0n) is 18.2. The van der Waals surface area contributed by atoms with Gasteiger partial charge in [0.1, 0.15) is 11.5 Å². The molecule has 176 valence electrons. The number of methoxy groups -OCH3 is 2. The van der Waals surface area contributed by atoms with Crippen LogP contribution in [0.5, 0.6) is 11.5 Å². The van der Waals surface area contributed by atoms with E-state index in [0.29, 0.717) is 27.9 Å². The fraction of sp³-hybridized carbons (Fsp3) is 0.130. The molecule has 11 heteroatoms. The Morgan fingerprint density at radius 2 is 1.71 bits per heavy atom. The van der Waals surface area contributed by atoms with Gasteiger partial charge in [0.2, 0.25) is 5.91 Å². The number of hydrogen-bond donors (Lipinski definition) is 2. The maximum atomic E-state index is 12.4. The minimum Gasteiger partial charge on any atom is -0.495 e. The zero-order valence-corrected chi connectivity index (χ0v) is 19.7. The van der Waals surface area contributed by atoms with Crippen LogP contribution in [0.4, 0.5) is 17.1 Å². The monoisotopic (exact) mass is 501 g/mol. The van der Waals surface area contributed by atoms with Gasteiger partial charge in [0.25, 0.3) is 11.6 Å². The summed E-state index contributed by atoms with van der Waals surface area (Å²) in [5.41, 5.74) is 0.964. The highest BCUT2D eigenvalue weighted by Gasteiger charge is 2.14. The fourth-order valence-corrected chi connectivity index (χ4v) is 3.83. The lowest BCUT2D eigenvalue weighted by Crippen LogP contribution is -2.15. The Labute approximate surface area is 204 Å². The second kappa shape index (κ2) is 11.4. The van der Waals surface area contributed by atoms with E-state index >= 15 is 0 Å². The molecule has 0 aliphatic rings. The van der Waals surface area contributed by atoms with Crippen molar-refractivity contribution in [2.45, 2.75) is 4.90 Å². The number of benzene rings is 3. The lowest BCUT2D eigenvalue weighted by atomic mass is 10.2. The molecule has 0 atom stereocenters. The van der Waals surface area contributed by atoms with Crippen LogP contribution in [-0.2, 0) is 4.79 Å². The number of hydrogen-bond acceptors (Lipinski definition) is 7. The molecule has 0 spiro atoms. The number of non-ortho nitro benzene ring substituents is 1. The smallest absolute Gasteiger partial charge is 0.270 e. The van der Waals surface area contributed by atoms with Crippen molar-refractivity contribution < 1.29 is 24.0 Å². The lowest BCUT2D eigenvalue weighted by Gasteiger charge is -2.13. The van der Waals surface area contributed by atoms with Crippen LogP contribution < -0.4 is 20.1 Å². The SMILES string of the molecule is COc1cc(OC)c(NC(=O)CSc2ccc(NC(=O)c3cccc([N+](=O)[O-])c3)cc2)cc1Cl. The Balaban J connectivity index is 1.56.